The van der Waals surface area contributed by atoms with E-state index in [1.54, 1.807) is 0 Å². The van der Waals surface area contributed by atoms with Gasteiger partial charge in [0.1, 0.15) is 0 Å². The molecular weight excluding hydrogens is 375 g/mol. The predicted octanol–water partition coefficient (Wildman–Crippen LogP) is -0.722. The van der Waals surface area contributed by atoms with Gasteiger partial charge in [-0.15, -0.1) is 0 Å². The number of benzene rings is 1. The Kier molecular flexibility index (Phi) is 4.69. The lowest BCUT2D eigenvalue weighted by Crippen LogP contribution is -3.00. The summed E-state index contributed by atoms with van der Waals surface area (Å²) in [6.45, 7) is 0.952. The van der Waals surface area contributed by atoms with E-state index in [2.05, 4.69) is 57.4 Å². The van der Waals surface area contributed by atoms with E-state index in [9.17, 15) is 4.79 Å². The van der Waals surface area contributed by atoms with Crippen LogP contribution in [0.25, 0.3) is 0 Å². The van der Waals surface area contributed by atoms with E-state index >= 15 is 0 Å². The second kappa shape index (κ2) is 5.88. The van der Waals surface area contributed by atoms with E-state index in [1.807, 2.05) is 0 Å². The second-order valence-corrected chi connectivity index (χ2v) is 7.36. The fourth-order valence-electron chi connectivity index (χ4n) is 3.99. The largest absolute Gasteiger partial charge is 1.00 e. The van der Waals surface area contributed by atoms with Crippen LogP contribution in [0.3, 0.4) is 0 Å². The second-order valence-electron chi connectivity index (χ2n) is 7.36. The van der Waals surface area contributed by atoms with Crippen molar-refractivity contribution in [3.05, 3.63) is 29.8 Å². The molecule has 1 heterocycles. The molecule has 1 saturated carbocycles. The molecule has 3 nitrogen and oxygen atoms in total. The van der Waals surface area contributed by atoms with Crippen LogP contribution in [0, 0.1) is 5.92 Å². The normalized spacial score (nSPS) is 27.9. The number of nitrogens with zero attached hydrogens (tertiary/aromatic N) is 2. The van der Waals surface area contributed by atoms with Crippen LogP contribution < -0.4 is 28.9 Å². The van der Waals surface area contributed by atoms with E-state index < -0.39 is 0 Å². The number of para-hydroxylation sites is 1. The van der Waals surface area contributed by atoms with Crippen LogP contribution in [0.2, 0.25) is 0 Å². The number of hydrogen-bond acceptors (Lipinski definition) is 2. The first-order chi connectivity index (χ1) is 9.38. The minimum absolute atomic E-state index is 0. The first kappa shape index (κ1) is 16.7. The molecule has 4 heteroatoms. The number of fused-ring (bicyclic) bond motifs is 3. The third-order valence-electron chi connectivity index (χ3n) is 4.82. The van der Waals surface area contributed by atoms with Crippen molar-refractivity contribution in [1.29, 1.82) is 0 Å². The number of quaternary nitrogens is 1. The zero-order valence-corrected chi connectivity index (χ0v) is 15.5. The molecule has 3 atom stereocenters. The van der Waals surface area contributed by atoms with Crippen LogP contribution in [0.15, 0.2) is 24.3 Å². The summed E-state index contributed by atoms with van der Waals surface area (Å²) in [6, 6.07) is 8.80. The Bertz CT molecular complexity index is 538. The number of rotatable bonds is 2. The molecule has 3 rings (SSSR count). The van der Waals surface area contributed by atoms with Crippen molar-refractivity contribution in [1.82, 2.24) is 0 Å². The van der Waals surface area contributed by atoms with Gasteiger partial charge in [0.05, 0.1) is 39.5 Å². The minimum Gasteiger partial charge on any atom is -1.00 e. The highest BCUT2D eigenvalue weighted by atomic mass is 127. The van der Waals surface area contributed by atoms with Gasteiger partial charge in [-0.1, -0.05) is 18.2 Å². The first-order valence-electron chi connectivity index (χ1n) is 7.54. The number of likely N-dealkylation sites (N-methyl/N-ethyl adjacent to an activating group) is 1. The third-order valence-corrected chi connectivity index (χ3v) is 4.82. The molecule has 0 N–H and O–H groups in total. The summed E-state index contributed by atoms with van der Waals surface area (Å²) in [6.07, 6.45) is 2.17. The van der Waals surface area contributed by atoms with E-state index in [0.717, 1.165) is 23.9 Å². The topological polar surface area (TPSA) is 20.3 Å². The summed E-state index contributed by atoms with van der Waals surface area (Å²) in [5.74, 6) is 0.781. The molecule has 1 aliphatic carbocycles. The lowest BCUT2D eigenvalue weighted by atomic mass is 9.75. The van der Waals surface area contributed by atoms with Crippen molar-refractivity contribution in [2.75, 3.05) is 39.6 Å². The van der Waals surface area contributed by atoms with E-state index in [-0.39, 0.29) is 35.8 Å². The Labute approximate surface area is 144 Å². The molecule has 0 aromatic heterocycles. The van der Waals surface area contributed by atoms with Crippen molar-refractivity contribution >= 4 is 11.5 Å². The Morgan fingerprint density at radius 2 is 1.86 bits per heavy atom. The van der Waals surface area contributed by atoms with Crippen LogP contribution in [-0.2, 0) is 4.79 Å². The lowest BCUT2D eigenvalue weighted by Gasteiger charge is -2.37. The average molecular weight is 400 g/mol. The van der Waals surface area contributed by atoms with E-state index in [1.165, 1.54) is 11.3 Å². The molecule has 1 aromatic carbocycles. The summed E-state index contributed by atoms with van der Waals surface area (Å²) in [5.41, 5.74) is 2.50. The monoisotopic (exact) mass is 400 g/mol. The minimum atomic E-state index is 0. The first-order valence-corrected chi connectivity index (χ1v) is 7.54. The number of ketones is 1. The molecule has 116 valence electrons. The van der Waals surface area contributed by atoms with Crippen molar-refractivity contribution in [3.8, 4) is 0 Å². The number of Topliss-reactive ketones (excluding diaryl/α,β-unsaturated/α-hetero) is 1. The van der Waals surface area contributed by atoms with Gasteiger partial charge >= 0.3 is 0 Å². The van der Waals surface area contributed by atoms with E-state index in [4.69, 9.17) is 0 Å². The third kappa shape index (κ3) is 2.97. The van der Waals surface area contributed by atoms with Gasteiger partial charge in [0.15, 0.2) is 5.78 Å². The molecule has 0 saturated heterocycles. The molecule has 1 fully saturated rings. The summed E-state index contributed by atoms with van der Waals surface area (Å²) in [5, 5.41) is 0. The predicted molar refractivity (Wildman–Crippen MR) is 82.0 cm³/mol. The Hall–Kier alpha value is -0.620. The van der Waals surface area contributed by atoms with Crippen LogP contribution in [0.4, 0.5) is 5.69 Å². The molecule has 1 aliphatic heterocycles. The molecule has 21 heavy (non-hydrogen) atoms. The van der Waals surface area contributed by atoms with Gasteiger partial charge in [-0.05, 0) is 24.5 Å². The maximum Gasteiger partial charge on any atom is 0.151 e. The highest BCUT2D eigenvalue weighted by molar-refractivity contribution is 5.93. The number of carbonyl (C=O) groups is 1. The molecule has 3 unspecified atom stereocenters. The number of carbonyl (C=O) groups excluding carboxylic acids is 1. The van der Waals surface area contributed by atoms with Crippen molar-refractivity contribution in [3.63, 3.8) is 0 Å². The maximum atomic E-state index is 13.0. The SMILES string of the molecule is CN1c2ccccc2C2C(=O)C(C[N+](C)(C)C)CCC21.[I-]. The highest BCUT2D eigenvalue weighted by Crippen LogP contribution is 2.46. The van der Waals surface area contributed by atoms with Crippen molar-refractivity contribution in [2.45, 2.75) is 24.8 Å². The van der Waals surface area contributed by atoms with Gasteiger partial charge in [-0.2, -0.15) is 0 Å². The zero-order valence-electron chi connectivity index (χ0n) is 13.3. The van der Waals surface area contributed by atoms with Gasteiger partial charge in [-0.3, -0.25) is 4.79 Å². The summed E-state index contributed by atoms with van der Waals surface area (Å²) in [7, 11) is 8.66. The average Bonchev–Trinajstić information content (AvgIpc) is 2.66. The van der Waals surface area contributed by atoms with Gasteiger partial charge in [-0.25, -0.2) is 0 Å². The summed E-state index contributed by atoms with van der Waals surface area (Å²) < 4.78 is 0.866. The quantitative estimate of drug-likeness (QED) is 0.483. The van der Waals surface area contributed by atoms with Crippen LogP contribution in [0.1, 0.15) is 24.3 Å². The fraction of sp³-hybridized carbons (Fsp3) is 0.588. The van der Waals surface area contributed by atoms with Gasteiger partial charge in [0, 0.05) is 18.8 Å². The molecule has 2 aliphatic rings. The number of hydrogen-bond donors (Lipinski definition) is 0. The molecule has 0 radical (unpaired) electrons. The number of anilines is 1. The standard InChI is InChI=1S/C17H25N2O.HI/c1-18-14-8-6-5-7-13(14)16-15(18)10-9-12(17(16)20)11-19(2,3)4;/h5-8,12,15-16H,9-11H2,1-4H3;1H/q+1;/p-1. The lowest BCUT2D eigenvalue weighted by molar-refractivity contribution is -0.872. The van der Waals surface area contributed by atoms with Crippen LogP contribution in [0.5, 0.6) is 0 Å². The van der Waals surface area contributed by atoms with Gasteiger partial charge in [0.25, 0.3) is 0 Å². The zero-order chi connectivity index (χ0) is 14.5. The highest BCUT2D eigenvalue weighted by Gasteiger charge is 2.47. The molecule has 0 spiro atoms. The fourth-order valence-corrected chi connectivity index (χ4v) is 3.99. The Morgan fingerprint density at radius 3 is 2.52 bits per heavy atom. The molecule has 0 amide bonds. The summed E-state index contributed by atoms with van der Waals surface area (Å²) >= 11 is 0. The van der Waals surface area contributed by atoms with Crippen LogP contribution >= 0.6 is 0 Å². The maximum absolute atomic E-state index is 13.0. The summed E-state index contributed by atoms with van der Waals surface area (Å²) in [4.78, 5) is 15.3. The Balaban J connectivity index is 0.00000161. The molecular formula is C17H25IN2O. The Morgan fingerprint density at radius 1 is 1.19 bits per heavy atom. The van der Waals surface area contributed by atoms with Crippen LogP contribution in [-0.4, -0.2) is 51.0 Å². The van der Waals surface area contributed by atoms with E-state index in [0.29, 0.717) is 11.8 Å². The van der Waals surface area contributed by atoms with Gasteiger partial charge < -0.3 is 33.4 Å². The van der Waals surface area contributed by atoms with Crippen molar-refractivity contribution in [2.24, 2.45) is 5.92 Å². The molecule has 1 aromatic rings. The number of halogens is 1. The smallest absolute Gasteiger partial charge is 0.151 e. The van der Waals surface area contributed by atoms with Crippen molar-refractivity contribution < 1.29 is 33.3 Å². The molecule has 0 bridgehead atoms. The van der Waals surface area contributed by atoms with Gasteiger partial charge in [0.2, 0.25) is 0 Å².